The van der Waals surface area contributed by atoms with E-state index in [1.165, 1.54) is 67.1 Å². The Labute approximate surface area is 226 Å². The number of aryl methyl sites for hydroxylation is 2. The lowest BCUT2D eigenvalue weighted by Crippen LogP contribution is -2.41. The summed E-state index contributed by atoms with van der Waals surface area (Å²) >= 11 is 0. The molecule has 1 heteroatoms. The van der Waals surface area contributed by atoms with Crippen molar-refractivity contribution in [2.45, 2.75) is 51.9 Å². The summed E-state index contributed by atoms with van der Waals surface area (Å²) < 4.78 is 2.61. The van der Waals surface area contributed by atoms with E-state index in [1.54, 1.807) is 0 Å². The van der Waals surface area contributed by atoms with Gasteiger partial charge in [-0.15, -0.1) is 0 Å². The quantitative estimate of drug-likeness (QED) is 0.218. The molecule has 0 saturated heterocycles. The number of fused-ring (bicyclic) bond motifs is 6. The SMILES string of the molecule is CC(C)(C)c1ccc(-[n+]2c3c(c(-c4ccccc4)c4c2-c2ccccc2CC4)CCc2ccccc2-3)cc1. The molecule has 2 aliphatic carbocycles. The molecule has 0 amide bonds. The van der Waals surface area contributed by atoms with E-state index >= 15 is 0 Å². The number of aromatic nitrogens is 1. The van der Waals surface area contributed by atoms with E-state index in [2.05, 4.69) is 128 Å². The van der Waals surface area contributed by atoms with E-state index in [-0.39, 0.29) is 5.41 Å². The summed E-state index contributed by atoms with van der Waals surface area (Å²) in [6.07, 6.45) is 4.29. The Balaban J connectivity index is 1.64. The summed E-state index contributed by atoms with van der Waals surface area (Å²) in [4.78, 5) is 0. The van der Waals surface area contributed by atoms with Crippen molar-refractivity contribution >= 4 is 0 Å². The average molecular weight is 493 g/mol. The van der Waals surface area contributed by atoms with Gasteiger partial charge in [-0.1, -0.05) is 99.6 Å². The largest absolute Gasteiger partial charge is 0.223 e. The number of benzene rings is 4. The third kappa shape index (κ3) is 3.64. The Hall–Kier alpha value is -3.97. The van der Waals surface area contributed by atoms with Crippen LogP contribution in [0.15, 0.2) is 103 Å². The summed E-state index contributed by atoms with van der Waals surface area (Å²) in [5.74, 6) is 0. The monoisotopic (exact) mass is 492 g/mol. The van der Waals surface area contributed by atoms with E-state index in [9.17, 15) is 0 Å². The minimum Gasteiger partial charge on any atom is -0.152 e. The van der Waals surface area contributed by atoms with Crippen molar-refractivity contribution in [1.82, 2.24) is 0 Å². The van der Waals surface area contributed by atoms with Crippen LogP contribution in [-0.2, 0) is 31.1 Å². The standard InChI is InChI=1S/C37H34N/c1-37(2,3)28-19-21-29(22-20-28)38-35-30-15-9-7-11-25(30)17-23-32(35)34(27-13-5-4-6-14-27)33-24-18-26-12-8-10-16-31(26)36(33)38/h4-16,19-22H,17-18,23-24H2,1-3H3/q+1. The summed E-state index contributed by atoms with van der Waals surface area (Å²) in [5.41, 5.74) is 16.9. The van der Waals surface area contributed by atoms with Gasteiger partial charge in [-0.3, -0.25) is 0 Å². The number of nitrogens with zero attached hydrogens (tertiary/aromatic N) is 1. The Morgan fingerprint density at radius 2 is 1.03 bits per heavy atom. The molecule has 1 heterocycles. The first kappa shape index (κ1) is 23.2. The lowest BCUT2D eigenvalue weighted by Gasteiger charge is -2.28. The lowest BCUT2D eigenvalue weighted by atomic mass is 9.77. The zero-order valence-electron chi connectivity index (χ0n) is 22.6. The minimum absolute atomic E-state index is 0.123. The zero-order chi connectivity index (χ0) is 25.9. The highest BCUT2D eigenvalue weighted by molar-refractivity contribution is 5.85. The molecule has 186 valence electrons. The van der Waals surface area contributed by atoms with Crippen LogP contribution in [0.5, 0.6) is 0 Å². The maximum absolute atomic E-state index is 2.61. The maximum atomic E-state index is 2.61. The molecule has 4 aromatic carbocycles. The number of pyridine rings is 1. The van der Waals surface area contributed by atoms with E-state index < -0.39 is 0 Å². The highest BCUT2D eigenvalue weighted by Gasteiger charge is 2.38. The highest BCUT2D eigenvalue weighted by atomic mass is 15.0. The van der Waals surface area contributed by atoms with Gasteiger partial charge in [0.1, 0.15) is 0 Å². The molecule has 0 saturated carbocycles. The van der Waals surface area contributed by atoms with Crippen LogP contribution in [0, 0.1) is 0 Å². The summed E-state index contributed by atoms with van der Waals surface area (Å²) in [6, 6.07) is 38.6. The molecule has 0 unspecified atom stereocenters. The van der Waals surface area contributed by atoms with Crippen LogP contribution >= 0.6 is 0 Å². The van der Waals surface area contributed by atoms with E-state index in [0.29, 0.717) is 0 Å². The molecule has 7 rings (SSSR count). The maximum Gasteiger partial charge on any atom is 0.223 e. The third-order valence-corrected chi connectivity index (χ3v) is 8.51. The van der Waals surface area contributed by atoms with E-state index in [0.717, 1.165) is 25.7 Å². The first-order chi connectivity index (χ1) is 18.5. The molecule has 0 fully saturated rings. The zero-order valence-corrected chi connectivity index (χ0v) is 22.6. The second-order valence-electron chi connectivity index (χ2n) is 11.8. The summed E-state index contributed by atoms with van der Waals surface area (Å²) in [6.45, 7) is 6.88. The first-order valence-electron chi connectivity index (χ1n) is 14.0. The molecule has 0 bridgehead atoms. The van der Waals surface area contributed by atoms with Crippen LogP contribution in [0.2, 0.25) is 0 Å². The van der Waals surface area contributed by atoms with Gasteiger partial charge in [0.25, 0.3) is 0 Å². The Bertz CT molecular complexity index is 1590. The van der Waals surface area contributed by atoms with E-state index in [1.807, 2.05) is 0 Å². The van der Waals surface area contributed by atoms with Gasteiger partial charge in [0.15, 0.2) is 0 Å². The minimum atomic E-state index is 0.123. The van der Waals surface area contributed by atoms with Crippen molar-refractivity contribution in [3.05, 3.63) is 131 Å². The van der Waals surface area contributed by atoms with Crippen LogP contribution in [0.3, 0.4) is 0 Å². The number of rotatable bonds is 2. The molecule has 0 atom stereocenters. The molecular weight excluding hydrogens is 458 g/mol. The smallest absolute Gasteiger partial charge is 0.152 e. The second kappa shape index (κ2) is 8.81. The van der Waals surface area contributed by atoms with Gasteiger partial charge in [0, 0.05) is 28.8 Å². The average Bonchev–Trinajstić information content (AvgIpc) is 2.95. The van der Waals surface area contributed by atoms with Gasteiger partial charge >= 0.3 is 0 Å². The lowest BCUT2D eigenvalue weighted by molar-refractivity contribution is -0.573. The Kier molecular flexibility index (Phi) is 5.37. The van der Waals surface area contributed by atoms with Crippen molar-refractivity contribution in [3.8, 4) is 39.3 Å². The van der Waals surface area contributed by atoms with Crippen LogP contribution in [-0.4, -0.2) is 0 Å². The van der Waals surface area contributed by atoms with Gasteiger partial charge < -0.3 is 0 Å². The molecule has 0 N–H and O–H groups in total. The van der Waals surface area contributed by atoms with Crippen molar-refractivity contribution in [2.24, 2.45) is 0 Å². The first-order valence-corrected chi connectivity index (χ1v) is 14.0. The summed E-state index contributed by atoms with van der Waals surface area (Å²) in [5, 5.41) is 0. The fraction of sp³-hybridized carbons (Fsp3) is 0.216. The summed E-state index contributed by atoms with van der Waals surface area (Å²) in [7, 11) is 0. The van der Waals surface area contributed by atoms with Crippen LogP contribution < -0.4 is 4.57 Å². The fourth-order valence-electron chi connectivity index (χ4n) is 6.63. The molecule has 1 nitrogen and oxygen atoms in total. The van der Waals surface area contributed by atoms with Gasteiger partial charge in [-0.05, 0) is 65.5 Å². The normalized spacial score (nSPS) is 13.8. The van der Waals surface area contributed by atoms with Crippen LogP contribution in [0.25, 0.3) is 39.3 Å². The molecule has 1 aromatic heterocycles. The van der Waals surface area contributed by atoms with E-state index in [4.69, 9.17) is 0 Å². The molecule has 0 radical (unpaired) electrons. The second-order valence-corrected chi connectivity index (χ2v) is 11.8. The van der Waals surface area contributed by atoms with Crippen molar-refractivity contribution in [3.63, 3.8) is 0 Å². The Morgan fingerprint density at radius 1 is 0.526 bits per heavy atom. The van der Waals surface area contributed by atoms with Crippen molar-refractivity contribution in [1.29, 1.82) is 0 Å². The number of hydrogen-bond acceptors (Lipinski definition) is 0. The topological polar surface area (TPSA) is 3.88 Å². The van der Waals surface area contributed by atoms with Gasteiger partial charge in [-0.25, -0.2) is 0 Å². The highest BCUT2D eigenvalue weighted by Crippen LogP contribution is 2.45. The van der Waals surface area contributed by atoms with Gasteiger partial charge in [0.05, 0.1) is 11.1 Å². The van der Waals surface area contributed by atoms with Gasteiger partial charge in [-0.2, -0.15) is 4.57 Å². The van der Waals surface area contributed by atoms with Crippen LogP contribution in [0.4, 0.5) is 0 Å². The molecule has 2 aliphatic rings. The molecule has 5 aromatic rings. The van der Waals surface area contributed by atoms with Crippen LogP contribution in [0.1, 0.15) is 48.6 Å². The van der Waals surface area contributed by atoms with Crippen molar-refractivity contribution < 1.29 is 4.57 Å². The molecular formula is C37H34N+. The molecule has 0 aliphatic heterocycles. The fourth-order valence-corrected chi connectivity index (χ4v) is 6.63. The third-order valence-electron chi connectivity index (χ3n) is 8.51. The Morgan fingerprint density at radius 3 is 1.55 bits per heavy atom. The number of hydrogen-bond donors (Lipinski definition) is 0. The molecule has 0 spiro atoms. The molecule has 38 heavy (non-hydrogen) atoms. The van der Waals surface area contributed by atoms with Gasteiger partial charge in [0.2, 0.25) is 17.1 Å². The predicted molar refractivity (Wildman–Crippen MR) is 158 cm³/mol. The van der Waals surface area contributed by atoms with Crippen molar-refractivity contribution in [2.75, 3.05) is 0 Å². The predicted octanol–water partition coefficient (Wildman–Crippen LogP) is 8.46.